The van der Waals surface area contributed by atoms with Crippen molar-refractivity contribution >= 4 is 34.8 Å². The minimum atomic E-state index is -1.03. The van der Waals surface area contributed by atoms with Crippen LogP contribution in [0.5, 0.6) is 0 Å². The van der Waals surface area contributed by atoms with Crippen molar-refractivity contribution in [2.45, 2.75) is 32.0 Å². The topological polar surface area (TPSA) is 66.8 Å². The van der Waals surface area contributed by atoms with E-state index in [0.29, 0.717) is 23.7 Å². The first kappa shape index (κ1) is 15.3. The summed E-state index contributed by atoms with van der Waals surface area (Å²) in [5, 5.41) is 8.99. The second-order valence-electron chi connectivity index (χ2n) is 4.78. The van der Waals surface area contributed by atoms with Crippen LogP contribution in [0.2, 0.25) is 4.34 Å². The highest BCUT2D eigenvalue weighted by Gasteiger charge is 2.32. The SMILES string of the molecule is C[C@@H]1CN(C(=O)CCc2ccc(Cl)s2)CC(C(=O)O)O1. The van der Waals surface area contributed by atoms with Crippen LogP contribution < -0.4 is 0 Å². The molecule has 5 nitrogen and oxygen atoms in total. The lowest BCUT2D eigenvalue weighted by Crippen LogP contribution is -2.51. The zero-order valence-corrected chi connectivity index (χ0v) is 12.6. The van der Waals surface area contributed by atoms with E-state index in [-0.39, 0.29) is 18.6 Å². The summed E-state index contributed by atoms with van der Waals surface area (Å²) in [7, 11) is 0. The molecule has 7 heteroatoms. The van der Waals surface area contributed by atoms with Gasteiger partial charge in [0.05, 0.1) is 17.0 Å². The highest BCUT2D eigenvalue weighted by molar-refractivity contribution is 7.16. The van der Waals surface area contributed by atoms with E-state index >= 15 is 0 Å². The molecule has 1 amide bonds. The fraction of sp³-hybridized carbons (Fsp3) is 0.538. The second kappa shape index (κ2) is 6.56. The molecule has 1 N–H and O–H groups in total. The van der Waals surface area contributed by atoms with Crippen LogP contribution in [-0.2, 0) is 20.7 Å². The summed E-state index contributed by atoms with van der Waals surface area (Å²) < 4.78 is 5.99. The molecule has 20 heavy (non-hydrogen) atoms. The number of carbonyl (C=O) groups is 2. The molecule has 0 spiro atoms. The number of ether oxygens (including phenoxy) is 1. The van der Waals surface area contributed by atoms with Gasteiger partial charge >= 0.3 is 5.97 Å². The maximum absolute atomic E-state index is 12.1. The molecule has 1 aliphatic heterocycles. The van der Waals surface area contributed by atoms with Crippen molar-refractivity contribution in [2.75, 3.05) is 13.1 Å². The third-order valence-electron chi connectivity index (χ3n) is 3.10. The van der Waals surface area contributed by atoms with Gasteiger partial charge in [-0.1, -0.05) is 11.6 Å². The van der Waals surface area contributed by atoms with Gasteiger partial charge in [0.15, 0.2) is 6.10 Å². The number of halogens is 1. The predicted octanol–water partition coefficient (Wildman–Crippen LogP) is 2.03. The monoisotopic (exact) mass is 317 g/mol. The van der Waals surface area contributed by atoms with Crippen molar-refractivity contribution in [3.05, 3.63) is 21.3 Å². The lowest BCUT2D eigenvalue weighted by atomic mass is 10.2. The van der Waals surface area contributed by atoms with E-state index in [0.717, 1.165) is 4.88 Å². The Hall–Kier alpha value is -1.11. The van der Waals surface area contributed by atoms with Gasteiger partial charge in [-0.3, -0.25) is 4.79 Å². The maximum atomic E-state index is 12.1. The third-order valence-corrected chi connectivity index (χ3v) is 4.39. The van der Waals surface area contributed by atoms with E-state index in [1.54, 1.807) is 11.8 Å². The summed E-state index contributed by atoms with van der Waals surface area (Å²) in [5.41, 5.74) is 0. The molecule has 1 saturated heterocycles. The molecule has 0 saturated carbocycles. The Morgan fingerprint density at radius 1 is 1.50 bits per heavy atom. The first-order chi connectivity index (χ1) is 9.45. The molecular weight excluding hydrogens is 302 g/mol. The quantitative estimate of drug-likeness (QED) is 0.922. The molecule has 1 aliphatic rings. The van der Waals surface area contributed by atoms with E-state index in [1.807, 2.05) is 12.1 Å². The van der Waals surface area contributed by atoms with Gasteiger partial charge < -0.3 is 14.7 Å². The van der Waals surface area contributed by atoms with Gasteiger partial charge in [0.1, 0.15) is 0 Å². The smallest absolute Gasteiger partial charge is 0.334 e. The maximum Gasteiger partial charge on any atom is 0.334 e. The van der Waals surface area contributed by atoms with E-state index in [1.165, 1.54) is 11.3 Å². The Kier molecular flexibility index (Phi) is 5.01. The van der Waals surface area contributed by atoms with Gasteiger partial charge in [0.25, 0.3) is 0 Å². The predicted molar refractivity (Wildman–Crippen MR) is 76.2 cm³/mol. The minimum Gasteiger partial charge on any atom is -0.479 e. The van der Waals surface area contributed by atoms with Crippen LogP contribution in [0.25, 0.3) is 0 Å². The molecule has 0 radical (unpaired) electrons. The van der Waals surface area contributed by atoms with E-state index in [4.69, 9.17) is 21.4 Å². The highest BCUT2D eigenvalue weighted by Crippen LogP contribution is 2.23. The Morgan fingerprint density at radius 2 is 2.25 bits per heavy atom. The molecule has 1 fully saturated rings. The van der Waals surface area contributed by atoms with Crippen molar-refractivity contribution in [2.24, 2.45) is 0 Å². The summed E-state index contributed by atoms with van der Waals surface area (Å²) in [6.07, 6.45) is -0.209. The molecule has 2 heterocycles. The summed E-state index contributed by atoms with van der Waals surface area (Å²) in [4.78, 5) is 25.7. The van der Waals surface area contributed by atoms with E-state index < -0.39 is 12.1 Å². The first-order valence-electron chi connectivity index (χ1n) is 6.36. The standard InChI is InChI=1S/C13H16ClNO4S/c1-8-6-15(7-10(19-8)13(17)18)12(16)5-3-9-2-4-11(14)20-9/h2,4,8,10H,3,5-7H2,1H3,(H,17,18)/t8-,10?/m1/s1. The number of carbonyl (C=O) groups excluding carboxylic acids is 1. The molecule has 0 aromatic carbocycles. The zero-order valence-electron chi connectivity index (χ0n) is 11.0. The van der Waals surface area contributed by atoms with Crippen molar-refractivity contribution in [3.63, 3.8) is 0 Å². The van der Waals surface area contributed by atoms with Crippen LogP contribution in [0.4, 0.5) is 0 Å². The number of carboxylic acid groups (broad SMARTS) is 1. The van der Waals surface area contributed by atoms with Crippen LogP contribution in [0, 0.1) is 0 Å². The fourth-order valence-corrected chi connectivity index (χ4v) is 3.25. The largest absolute Gasteiger partial charge is 0.479 e. The number of hydrogen-bond acceptors (Lipinski definition) is 4. The molecule has 2 atom stereocenters. The molecule has 0 bridgehead atoms. The van der Waals surface area contributed by atoms with Crippen LogP contribution in [-0.4, -0.2) is 47.2 Å². The van der Waals surface area contributed by atoms with E-state index in [2.05, 4.69) is 0 Å². The summed E-state index contributed by atoms with van der Waals surface area (Å²) >= 11 is 7.30. The molecule has 1 aromatic heterocycles. The number of morpholine rings is 1. The van der Waals surface area contributed by atoms with Gasteiger partial charge in [-0.05, 0) is 25.5 Å². The zero-order chi connectivity index (χ0) is 14.7. The van der Waals surface area contributed by atoms with Crippen molar-refractivity contribution in [1.29, 1.82) is 0 Å². The van der Waals surface area contributed by atoms with Crippen LogP contribution in [0.1, 0.15) is 18.2 Å². The third kappa shape index (κ3) is 3.94. The molecule has 0 aliphatic carbocycles. The van der Waals surface area contributed by atoms with Gasteiger partial charge in [0, 0.05) is 17.8 Å². The Labute approximate surface area is 126 Å². The number of nitrogens with zero attached hydrogens (tertiary/aromatic N) is 1. The van der Waals surface area contributed by atoms with Crippen molar-refractivity contribution in [1.82, 2.24) is 4.90 Å². The first-order valence-corrected chi connectivity index (χ1v) is 7.55. The number of aliphatic carboxylic acids is 1. The lowest BCUT2D eigenvalue weighted by molar-refractivity contribution is -0.166. The number of aryl methyl sites for hydroxylation is 1. The number of amides is 1. The minimum absolute atomic E-state index is 0.0454. The molecule has 1 unspecified atom stereocenters. The molecular formula is C13H16ClNO4S. The summed E-state index contributed by atoms with van der Waals surface area (Å²) in [5.74, 6) is -1.07. The van der Waals surface area contributed by atoms with Gasteiger partial charge in [-0.15, -0.1) is 11.3 Å². The number of rotatable bonds is 4. The molecule has 110 valence electrons. The summed E-state index contributed by atoms with van der Waals surface area (Å²) in [6, 6.07) is 3.71. The molecule has 1 aromatic rings. The summed E-state index contributed by atoms with van der Waals surface area (Å²) in [6.45, 7) is 2.33. The molecule has 2 rings (SSSR count). The highest BCUT2D eigenvalue weighted by atomic mass is 35.5. The average molecular weight is 318 g/mol. The van der Waals surface area contributed by atoms with Gasteiger partial charge in [-0.25, -0.2) is 4.79 Å². The van der Waals surface area contributed by atoms with Crippen molar-refractivity contribution in [3.8, 4) is 0 Å². The average Bonchev–Trinajstić information content (AvgIpc) is 2.81. The van der Waals surface area contributed by atoms with Crippen LogP contribution in [0.3, 0.4) is 0 Å². The van der Waals surface area contributed by atoms with Crippen LogP contribution >= 0.6 is 22.9 Å². The Bertz CT molecular complexity index is 504. The number of thiophene rings is 1. The normalized spacial score (nSPS) is 22.8. The van der Waals surface area contributed by atoms with Gasteiger partial charge in [0.2, 0.25) is 5.91 Å². The van der Waals surface area contributed by atoms with Crippen molar-refractivity contribution < 1.29 is 19.4 Å². The van der Waals surface area contributed by atoms with Gasteiger partial charge in [-0.2, -0.15) is 0 Å². The Morgan fingerprint density at radius 3 is 2.85 bits per heavy atom. The fourth-order valence-electron chi connectivity index (χ4n) is 2.17. The second-order valence-corrected chi connectivity index (χ2v) is 6.58. The number of carboxylic acids is 1. The van der Waals surface area contributed by atoms with E-state index in [9.17, 15) is 9.59 Å². The number of hydrogen-bond donors (Lipinski definition) is 1. The Balaban J connectivity index is 1.89. The lowest BCUT2D eigenvalue weighted by Gasteiger charge is -2.35. The van der Waals surface area contributed by atoms with Crippen LogP contribution in [0.15, 0.2) is 12.1 Å².